The number of hydrogen-bond donors (Lipinski definition) is 1. The standard InChI is InChI=1S/C22H31FN4O2/c1-3-5-9-17-16-28-12-6-7-13-29-19-11-8-10-18(14-19)27(4-2)22-24-15-20(23)21(25-17)26-22/h8,10-11,14-15,17H,3-7,9,12-13,16H2,1-2H3,(H,24,25,26). The Bertz CT molecular complexity index is 774. The molecular formula is C22H31FN4O2. The van der Waals surface area contributed by atoms with Crippen LogP contribution >= 0.6 is 0 Å². The van der Waals surface area contributed by atoms with Gasteiger partial charge >= 0.3 is 0 Å². The molecule has 158 valence electrons. The van der Waals surface area contributed by atoms with Crippen molar-refractivity contribution in [2.24, 2.45) is 0 Å². The van der Waals surface area contributed by atoms with Crippen LogP contribution in [0.2, 0.25) is 0 Å². The highest BCUT2D eigenvalue weighted by molar-refractivity contribution is 5.60. The lowest BCUT2D eigenvalue weighted by Crippen LogP contribution is -2.28. The fourth-order valence-corrected chi connectivity index (χ4v) is 3.33. The summed E-state index contributed by atoms with van der Waals surface area (Å²) in [6.45, 7) is 6.64. The summed E-state index contributed by atoms with van der Waals surface area (Å²) in [5.41, 5.74) is 0.917. The van der Waals surface area contributed by atoms with Crippen molar-refractivity contribution in [3.63, 3.8) is 0 Å². The topological polar surface area (TPSA) is 59.5 Å². The third-order valence-electron chi connectivity index (χ3n) is 4.94. The first kappa shape index (κ1) is 21.3. The summed E-state index contributed by atoms with van der Waals surface area (Å²) in [6, 6.07) is 7.85. The first-order chi connectivity index (χ1) is 14.2. The smallest absolute Gasteiger partial charge is 0.232 e. The number of nitrogens with one attached hydrogen (secondary N) is 1. The van der Waals surface area contributed by atoms with Crippen molar-refractivity contribution < 1.29 is 13.9 Å². The molecular weight excluding hydrogens is 371 g/mol. The number of rotatable bonds is 4. The Balaban J connectivity index is 1.92. The number of unbranched alkanes of at least 4 members (excludes halogenated alkanes) is 1. The number of fused-ring (bicyclic) bond motifs is 4. The van der Waals surface area contributed by atoms with Crippen molar-refractivity contribution in [1.29, 1.82) is 0 Å². The van der Waals surface area contributed by atoms with E-state index in [2.05, 4.69) is 22.2 Å². The van der Waals surface area contributed by atoms with Gasteiger partial charge in [0.05, 0.1) is 25.5 Å². The summed E-state index contributed by atoms with van der Waals surface area (Å²) in [7, 11) is 0. The minimum absolute atomic E-state index is 0.00904. The van der Waals surface area contributed by atoms with E-state index in [0.717, 1.165) is 43.5 Å². The van der Waals surface area contributed by atoms with Gasteiger partial charge in [0, 0.05) is 24.9 Å². The van der Waals surface area contributed by atoms with Crippen LogP contribution in [0.15, 0.2) is 30.5 Å². The Kier molecular flexibility index (Phi) is 8.04. The van der Waals surface area contributed by atoms with Crippen LogP contribution in [0.3, 0.4) is 0 Å². The van der Waals surface area contributed by atoms with E-state index in [1.807, 2.05) is 36.1 Å². The number of anilines is 3. The molecule has 0 aliphatic carbocycles. The van der Waals surface area contributed by atoms with Crippen molar-refractivity contribution in [3.8, 4) is 5.75 Å². The Morgan fingerprint density at radius 3 is 2.93 bits per heavy atom. The largest absolute Gasteiger partial charge is 0.494 e. The zero-order valence-corrected chi connectivity index (χ0v) is 17.4. The van der Waals surface area contributed by atoms with Gasteiger partial charge in [-0.05, 0) is 38.3 Å². The molecule has 1 aliphatic rings. The summed E-state index contributed by atoms with van der Waals surface area (Å²) in [5.74, 6) is 1.02. The number of hydrogen-bond acceptors (Lipinski definition) is 6. The summed E-state index contributed by atoms with van der Waals surface area (Å²) >= 11 is 0. The molecule has 1 atom stereocenters. The van der Waals surface area contributed by atoms with E-state index in [-0.39, 0.29) is 11.9 Å². The minimum Gasteiger partial charge on any atom is -0.494 e. The maximum absolute atomic E-state index is 14.5. The highest BCUT2D eigenvalue weighted by atomic mass is 19.1. The SMILES string of the molecule is CCCCC1COCCCCOc2cccc(c2)N(CC)c2ncc(F)c(n2)N1. The molecule has 3 rings (SSSR count). The average molecular weight is 403 g/mol. The van der Waals surface area contributed by atoms with Crippen LogP contribution in [0.1, 0.15) is 46.0 Å². The normalized spacial score (nSPS) is 18.0. The Morgan fingerprint density at radius 2 is 2.10 bits per heavy atom. The number of benzene rings is 1. The van der Waals surface area contributed by atoms with Crippen LogP contribution in [0.4, 0.5) is 21.8 Å². The molecule has 0 amide bonds. The van der Waals surface area contributed by atoms with Crippen LogP contribution in [-0.2, 0) is 4.74 Å². The van der Waals surface area contributed by atoms with E-state index in [0.29, 0.717) is 32.3 Å². The lowest BCUT2D eigenvalue weighted by Gasteiger charge is -2.24. The molecule has 0 radical (unpaired) electrons. The predicted octanol–water partition coefficient (Wildman–Crippen LogP) is 4.93. The molecule has 0 spiro atoms. The molecule has 2 aromatic rings. The van der Waals surface area contributed by atoms with Gasteiger partial charge in [-0.25, -0.2) is 9.37 Å². The second kappa shape index (κ2) is 11.0. The Labute approximate surface area is 172 Å². The van der Waals surface area contributed by atoms with Gasteiger partial charge in [0.25, 0.3) is 0 Å². The number of nitrogens with zero attached hydrogens (tertiary/aromatic N) is 3. The molecule has 2 heterocycles. The van der Waals surface area contributed by atoms with E-state index >= 15 is 0 Å². The third kappa shape index (κ3) is 6.03. The number of ether oxygens (including phenoxy) is 2. The molecule has 4 bridgehead atoms. The maximum atomic E-state index is 14.5. The third-order valence-corrected chi connectivity index (χ3v) is 4.94. The molecule has 0 saturated carbocycles. The molecule has 0 fully saturated rings. The molecule has 1 aromatic carbocycles. The van der Waals surface area contributed by atoms with E-state index in [1.54, 1.807) is 0 Å². The second-order valence-corrected chi connectivity index (χ2v) is 7.22. The fraction of sp³-hybridized carbons (Fsp3) is 0.545. The highest BCUT2D eigenvalue weighted by Crippen LogP contribution is 2.27. The maximum Gasteiger partial charge on any atom is 0.232 e. The molecule has 1 N–H and O–H groups in total. The minimum atomic E-state index is -0.454. The van der Waals surface area contributed by atoms with Crippen LogP contribution in [-0.4, -0.2) is 42.4 Å². The molecule has 0 saturated heterocycles. The van der Waals surface area contributed by atoms with E-state index in [1.165, 1.54) is 6.20 Å². The predicted molar refractivity (Wildman–Crippen MR) is 114 cm³/mol. The first-order valence-electron chi connectivity index (χ1n) is 10.6. The number of aromatic nitrogens is 2. The molecule has 29 heavy (non-hydrogen) atoms. The Morgan fingerprint density at radius 1 is 1.24 bits per heavy atom. The second-order valence-electron chi connectivity index (χ2n) is 7.22. The van der Waals surface area contributed by atoms with Gasteiger partial charge in [0.15, 0.2) is 11.6 Å². The lowest BCUT2D eigenvalue weighted by molar-refractivity contribution is 0.115. The van der Waals surface area contributed by atoms with E-state index in [9.17, 15) is 4.39 Å². The van der Waals surface area contributed by atoms with Crippen LogP contribution in [0, 0.1) is 5.82 Å². The van der Waals surface area contributed by atoms with Crippen molar-refractivity contribution >= 4 is 17.5 Å². The summed E-state index contributed by atoms with van der Waals surface area (Å²) in [5, 5.41) is 3.25. The van der Waals surface area contributed by atoms with Gasteiger partial charge in [0.1, 0.15) is 5.75 Å². The Hall–Kier alpha value is -2.41. The first-order valence-corrected chi connectivity index (χ1v) is 10.6. The van der Waals surface area contributed by atoms with Gasteiger partial charge < -0.3 is 19.7 Å². The zero-order valence-electron chi connectivity index (χ0n) is 17.4. The molecule has 6 nitrogen and oxygen atoms in total. The highest BCUT2D eigenvalue weighted by Gasteiger charge is 2.17. The van der Waals surface area contributed by atoms with E-state index < -0.39 is 5.82 Å². The van der Waals surface area contributed by atoms with Crippen LogP contribution in [0.5, 0.6) is 5.75 Å². The van der Waals surface area contributed by atoms with Gasteiger partial charge in [-0.3, -0.25) is 0 Å². The quantitative estimate of drug-likeness (QED) is 0.782. The van der Waals surface area contributed by atoms with Crippen LogP contribution in [0.25, 0.3) is 0 Å². The van der Waals surface area contributed by atoms with Crippen molar-refractivity contribution in [2.45, 2.75) is 52.0 Å². The molecule has 1 unspecified atom stereocenters. The lowest BCUT2D eigenvalue weighted by atomic mass is 10.1. The average Bonchev–Trinajstić information content (AvgIpc) is 2.73. The fourth-order valence-electron chi connectivity index (χ4n) is 3.33. The number of halogens is 1. The van der Waals surface area contributed by atoms with Gasteiger partial charge in [-0.2, -0.15) is 4.98 Å². The summed E-state index contributed by atoms with van der Waals surface area (Å²) in [4.78, 5) is 10.7. The molecule has 1 aromatic heterocycles. The summed E-state index contributed by atoms with van der Waals surface area (Å²) < 4.78 is 26.2. The van der Waals surface area contributed by atoms with Gasteiger partial charge in [-0.1, -0.05) is 25.8 Å². The van der Waals surface area contributed by atoms with Crippen LogP contribution < -0.4 is 15.0 Å². The zero-order chi connectivity index (χ0) is 20.5. The molecule has 1 aliphatic heterocycles. The van der Waals surface area contributed by atoms with Crippen molar-refractivity contribution in [2.75, 3.05) is 36.6 Å². The van der Waals surface area contributed by atoms with Gasteiger partial charge in [-0.15, -0.1) is 0 Å². The monoisotopic (exact) mass is 402 g/mol. The van der Waals surface area contributed by atoms with Crippen molar-refractivity contribution in [3.05, 3.63) is 36.3 Å². The van der Waals surface area contributed by atoms with Crippen molar-refractivity contribution in [1.82, 2.24) is 9.97 Å². The molecule has 7 heteroatoms. The van der Waals surface area contributed by atoms with E-state index in [4.69, 9.17) is 9.47 Å². The van der Waals surface area contributed by atoms with Gasteiger partial charge in [0.2, 0.25) is 5.95 Å². The summed E-state index contributed by atoms with van der Waals surface area (Å²) in [6.07, 6.45) is 6.10.